The number of alkyl halides is 3. The van der Waals surface area contributed by atoms with Gasteiger partial charge in [0.25, 0.3) is 0 Å². The fourth-order valence-corrected chi connectivity index (χ4v) is 4.70. The molecule has 31 heavy (non-hydrogen) atoms. The predicted molar refractivity (Wildman–Crippen MR) is 113 cm³/mol. The number of hydrogen-bond donors (Lipinski definition) is 1. The third-order valence-electron chi connectivity index (χ3n) is 6.24. The van der Waals surface area contributed by atoms with E-state index in [4.69, 9.17) is 0 Å². The zero-order chi connectivity index (χ0) is 22.5. The predicted octanol–water partition coefficient (Wildman–Crippen LogP) is 4.67. The minimum Gasteiger partial charge on any atom is -0.363 e. The van der Waals surface area contributed by atoms with E-state index in [1.54, 1.807) is 6.07 Å². The van der Waals surface area contributed by atoms with Crippen molar-refractivity contribution in [3.63, 3.8) is 0 Å². The number of nitrogens with zero attached hydrogens (tertiary/aromatic N) is 2. The maximum atomic E-state index is 12.8. The van der Waals surface area contributed by atoms with Gasteiger partial charge in [0.1, 0.15) is 0 Å². The van der Waals surface area contributed by atoms with E-state index < -0.39 is 18.1 Å². The molecule has 0 aromatic heterocycles. The quantitative estimate of drug-likeness (QED) is 0.703. The van der Waals surface area contributed by atoms with Crippen LogP contribution >= 0.6 is 0 Å². The van der Waals surface area contributed by atoms with E-state index in [2.05, 4.69) is 10.2 Å². The molecule has 0 unspecified atom stereocenters. The van der Waals surface area contributed by atoms with E-state index in [9.17, 15) is 22.8 Å². The Labute approximate surface area is 178 Å². The standard InChI is InChI=1S/C23H24F3N3O2/c1-13-5-4-6-18-21(13)20-12-16(27-22(31)23(24,25)26)9-10-29(20)17-8-7-15(14(2)30)11-19(17)28(18)3/h4-8,11,16,20H,9-10,12H2,1-3H3,(H,27,31)/t16-,20-/m0/s1. The number of carbonyl (C=O) groups is 2. The van der Waals surface area contributed by atoms with Gasteiger partial charge < -0.3 is 15.1 Å². The molecule has 2 aromatic rings. The summed E-state index contributed by atoms with van der Waals surface area (Å²) < 4.78 is 38.4. The van der Waals surface area contributed by atoms with Gasteiger partial charge >= 0.3 is 12.1 Å². The second kappa shape index (κ2) is 7.59. The number of benzene rings is 2. The number of aryl methyl sites for hydroxylation is 1. The maximum absolute atomic E-state index is 12.8. The van der Waals surface area contributed by atoms with Crippen LogP contribution in [0, 0.1) is 6.92 Å². The summed E-state index contributed by atoms with van der Waals surface area (Å²) in [6, 6.07) is 10.7. The van der Waals surface area contributed by atoms with Gasteiger partial charge in [-0.2, -0.15) is 13.2 Å². The van der Waals surface area contributed by atoms with Crippen molar-refractivity contribution in [3.05, 3.63) is 53.1 Å². The summed E-state index contributed by atoms with van der Waals surface area (Å²) >= 11 is 0. The Morgan fingerprint density at radius 2 is 1.84 bits per heavy atom. The Balaban J connectivity index is 1.79. The molecule has 2 aliphatic heterocycles. The highest BCUT2D eigenvalue weighted by Crippen LogP contribution is 2.49. The first-order chi connectivity index (χ1) is 14.6. The second-order valence-corrected chi connectivity index (χ2v) is 8.23. The van der Waals surface area contributed by atoms with Gasteiger partial charge in [0.15, 0.2) is 5.78 Å². The Morgan fingerprint density at radius 3 is 2.52 bits per heavy atom. The Kier molecular flexibility index (Phi) is 5.19. The van der Waals surface area contributed by atoms with Crippen LogP contribution in [-0.4, -0.2) is 37.5 Å². The first-order valence-corrected chi connectivity index (χ1v) is 10.2. The molecule has 1 amide bonds. The molecular formula is C23H24F3N3O2. The lowest BCUT2D eigenvalue weighted by molar-refractivity contribution is -0.174. The first kappa shape index (κ1) is 21.2. The zero-order valence-corrected chi connectivity index (χ0v) is 17.6. The lowest BCUT2D eigenvalue weighted by atomic mass is 9.88. The number of hydrogen-bond acceptors (Lipinski definition) is 4. The number of ketones is 1. The van der Waals surface area contributed by atoms with Crippen LogP contribution in [0.5, 0.6) is 0 Å². The van der Waals surface area contributed by atoms with Gasteiger partial charge in [-0.25, -0.2) is 0 Å². The smallest absolute Gasteiger partial charge is 0.363 e. The van der Waals surface area contributed by atoms with Crippen LogP contribution in [-0.2, 0) is 4.79 Å². The monoisotopic (exact) mass is 431 g/mol. The molecular weight excluding hydrogens is 407 g/mol. The average molecular weight is 431 g/mol. The lowest BCUT2D eigenvalue weighted by Gasteiger charge is -2.41. The fourth-order valence-electron chi connectivity index (χ4n) is 4.70. The van der Waals surface area contributed by atoms with Crippen LogP contribution in [0.4, 0.5) is 30.2 Å². The largest absolute Gasteiger partial charge is 0.471 e. The number of piperidine rings is 1. The molecule has 8 heteroatoms. The Hall–Kier alpha value is -3.03. The molecule has 1 fully saturated rings. The molecule has 4 rings (SSSR count). The van der Waals surface area contributed by atoms with Crippen LogP contribution in [0.15, 0.2) is 36.4 Å². The molecule has 1 saturated heterocycles. The van der Waals surface area contributed by atoms with Crippen LogP contribution in [0.3, 0.4) is 0 Å². The van der Waals surface area contributed by atoms with Gasteiger partial charge in [-0.3, -0.25) is 9.59 Å². The molecule has 2 aromatic carbocycles. The summed E-state index contributed by atoms with van der Waals surface area (Å²) in [7, 11) is 1.93. The van der Waals surface area contributed by atoms with Gasteiger partial charge in [0.05, 0.1) is 17.4 Å². The van der Waals surface area contributed by atoms with E-state index >= 15 is 0 Å². The highest BCUT2D eigenvalue weighted by Gasteiger charge is 2.42. The number of amides is 1. The minimum absolute atomic E-state index is 0.0324. The van der Waals surface area contributed by atoms with Gasteiger partial charge in [0.2, 0.25) is 0 Å². The number of carbonyl (C=O) groups excluding carboxylic acids is 2. The summed E-state index contributed by atoms with van der Waals surface area (Å²) in [6.07, 6.45) is -4.14. The van der Waals surface area contributed by atoms with Gasteiger partial charge in [0, 0.05) is 36.4 Å². The Bertz CT molecular complexity index is 1050. The summed E-state index contributed by atoms with van der Waals surface area (Å²) in [5.41, 5.74) is 5.40. The molecule has 0 radical (unpaired) electrons. The summed E-state index contributed by atoms with van der Waals surface area (Å²) in [6.45, 7) is 4.00. The normalized spacial score (nSPS) is 20.3. The third kappa shape index (κ3) is 3.75. The number of anilines is 3. The number of Topliss-reactive ketones (excluding diaryl/α,β-unsaturated/α-hetero) is 1. The molecule has 0 spiro atoms. The van der Waals surface area contributed by atoms with Crippen LogP contribution < -0.4 is 15.1 Å². The first-order valence-electron chi connectivity index (χ1n) is 10.2. The second-order valence-electron chi connectivity index (χ2n) is 8.23. The number of nitrogens with one attached hydrogen (secondary N) is 1. The van der Waals surface area contributed by atoms with Crippen molar-refractivity contribution in [2.75, 3.05) is 23.4 Å². The van der Waals surface area contributed by atoms with Gasteiger partial charge in [-0.05, 0) is 56.5 Å². The van der Waals surface area contributed by atoms with Gasteiger partial charge in [-0.15, -0.1) is 0 Å². The molecule has 2 heterocycles. The minimum atomic E-state index is -4.90. The van der Waals surface area contributed by atoms with Crippen molar-refractivity contribution >= 4 is 28.8 Å². The molecule has 0 aliphatic carbocycles. The van der Waals surface area contributed by atoms with Crippen LogP contribution in [0.1, 0.15) is 47.3 Å². The van der Waals surface area contributed by atoms with Crippen molar-refractivity contribution in [2.24, 2.45) is 0 Å². The third-order valence-corrected chi connectivity index (χ3v) is 6.24. The molecule has 1 N–H and O–H groups in total. The molecule has 5 nitrogen and oxygen atoms in total. The van der Waals surface area contributed by atoms with Crippen LogP contribution in [0.2, 0.25) is 0 Å². The number of rotatable bonds is 2. The lowest BCUT2D eigenvalue weighted by Crippen LogP contribution is -2.49. The summed E-state index contributed by atoms with van der Waals surface area (Å²) in [5.74, 6) is -1.93. The molecule has 2 aliphatic rings. The molecule has 0 bridgehead atoms. The van der Waals surface area contributed by atoms with Crippen molar-refractivity contribution in [1.82, 2.24) is 5.32 Å². The molecule has 0 saturated carbocycles. The van der Waals surface area contributed by atoms with E-state index in [-0.39, 0.29) is 11.8 Å². The highest BCUT2D eigenvalue weighted by molar-refractivity contribution is 5.97. The van der Waals surface area contributed by atoms with Crippen molar-refractivity contribution < 1.29 is 22.8 Å². The zero-order valence-electron chi connectivity index (χ0n) is 17.6. The Morgan fingerprint density at radius 1 is 1.10 bits per heavy atom. The summed E-state index contributed by atoms with van der Waals surface area (Å²) in [5, 5.41) is 2.17. The van der Waals surface area contributed by atoms with E-state index in [1.807, 2.05) is 49.2 Å². The van der Waals surface area contributed by atoms with Crippen molar-refractivity contribution in [2.45, 2.75) is 44.9 Å². The number of fused-ring (bicyclic) bond motifs is 5. The van der Waals surface area contributed by atoms with Crippen LogP contribution in [0.25, 0.3) is 0 Å². The van der Waals surface area contributed by atoms with Crippen molar-refractivity contribution in [3.8, 4) is 0 Å². The molecule has 2 atom stereocenters. The SMILES string of the molecule is CC(=O)c1ccc2c(c1)N(C)c1cccc(C)c1[C@@H]1C[C@@H](NC(=O)C(F)(F)F)CCN21. The highest BCUT2D eigenvalue weighted by atomic mass is 19.4. The van der Waals surface area contributed by atoms with E-state index in [0.29, 0.717) is 24.9 Å². The topological polar surface area (TPSA) is 52.7 Å². The summed E-state index contributed by atoms with van der Waals surface area (Å²) in [4.78, 5) is 27.7. The average Bonchev–Trinajstić information content (AvgIpc) is 2.81. The molecule has 164 valence electrons. The van der Waals surface area contributed by atoms with E-state index in [0.717, 1.165) is 28.2 Å². The number of halogens is 3. The fraction of sp³-hybridized carbons (Fsp3) is 0.391. The van der Waals surface area contributed by atoms with E-state index in [1.165, 1.54) is 6.92 Å². The maximum Gasteiger partial charge on any atom is 0.471 e. The van der Waals surface area contributed by atoms with Crippen molar-refractivity contribution in [1.29, 1.82) is 0 Å². The van der Waals surface area contributed by atoms with Gasteiger partial charge in [-0.1, -0.05) is 12.1 Å².